The van der Waals surface area contributed by atoms with Crippen LogP contribution in [0.25, 0.3) is 0 Å². The number of carboxylic acid groups (broad SMARTS) is 1. The highest BCUT2D eigenvalue weighted by molar-refractivity contribution is 6.01. The lowest BCUT2D eigenvalue weighted by Crippen LogP contribution is -2.79. The number of aliphatic carboxylic acids is 1. The van der Waals surface area contributed by atoms with E-state index in [1.165, 1.54) is 27.2 Å². The number of nitrogens with zero attached hydrogens (tertiary/aromatic N) is 1. The molecule has 3 saturated carbocycles. The van der Waals surface area contributed by atoms with E-state index in [1.807, 2.05) is 0 Å². The van der Waals surface area contributed by atoms with Crippen molar-refractivity contribution < 1.29 is 57.6 Å². The number of fused-ring (bicyclic) bond motifs is 5. The van der Waals surface area contributed by atoms with E-state index in [-0.39, 0.29) is 37.9 Å². The molecule has 13 nitrogen and oxygen atoms in total. The van der Waals surface area contributed by atoms with Crippen molar-refractivity contribution in [3.05, 3.63) is 33.9 Å². The minimum atomic E-state index is -2.47. The number of aliphatic hydroxyl groups excluding tert-OH is 1. The molecule has 256 valence electrons. The van der Waals surface area contributed by atoms with E-state index in [4.69, 9.17) is 9.47 Å². The van der Waals surface area contributed by atoms with Gasteiger partial charge in [-0.1, -0.05) is 19.4 Å². The average Bonchev–Trinajstić information content (AvgIpc) is 3.25. The molecule has 4 aliphatic carbocycles. The van der Waals surface area contributed by atoms with E-state index in [0.29, 0.717) is 12.7 Å². The Morgan fingerprint density at radius 2 is 1.91 bits per heavy atom. The minimum Gasteiger partial charge on any atom is -0.479 e. The smallest absolute Gasteiger partial charge is 0.333 e. The average molecular weight is 657 g/mol. The first-order valence-electron chi connectivity index (χ1n) is 15.4. The first kappa shape index (κ1) is 35.6. The first-order chi connectivity index (χ1) is 21.6. The van der Waals surface area contributed by atoms with Crippen molar-refractivity contribution in [2.24, 2.45) is 22.7 Å². The fraction of sp³-hybridized carbons (Fsp3) is 0.742. The van der Waals surface area contributed by atoms with Gasteiger partial charge in [0.15, 0.2) is 17.0 Å². The van der Waals surface area contributed by atoms with Gasteiger partial charge in [0.1, 0.15) is 18.1 Å². The molecule has 0 aliphatic heterocycles. The highest BCUT2D eigenvalue weighted by Gasteiger charge is 2.81. The van der Waals surface area contributed by atoms with Gasteiger partial charge in [-0.25, -0.2) is 13.6 Å². The second-order valence-electron chi connectivity index (χ2n) is 13.3. The third-order valence-corrected chi connectivity index (χ3v) is 11.4. The van der Waals surface area contributed by atoms with E-state index in [2.05, 4.69) is 10.2 Å². The highest BCUT2D eigenvalue weighted by atomic mass is 19.1. The van der Waals surface area contributed by atoms with Crippen molar-refractivity contribution in [2.45, 2.75) is 100 Å². The van der Waals surface area contributed by atoms with Gasteiger partial charge < -0.3 is 34.6 Å². The van der Waals surface area contributed by atoms with Crippen LogP contribution < -0.4 is 5.32 Å². The van der Waals surface area contributed by atoms with Gasteiger partial charge in [-0.2, -0.15) is 0 Å². The molecule has 0 spiro atoms. The number of carboxylic acids is 1. The number of alkyl halides is 2. The number of carbonyl (C=O) groups excluding carboxylic acids is 3. The van der Waals surface area contributed by atoms with Crippen molar-refractivity contribution in [2.75, 3.05) is 20.8 Å². The van der Waals surface area contributed by atoms with Crippen molar-refractivity contribution in [1.29, 1.82) is 0 Å². The van der Waals surface area contributed by atoms with Gasteiger partial charge in [0.2, 0.25) is 5.91 Å². The van der Waals surface area contributed by atoms with Gasteiger partial charge in [-0.05, 0) is 62.7 Å². The van der Waals surface area contributed by atoms with Crippen LogP contribution in [-0.4, -0.2) is 95.3 Å². The summed E-state index contributed by atoms with van der Waals surface area (Å²) in [5.41, 5.74) is -10.3. The molecular formula is C31H42F2N2O11. The number of ether oxygens (including phenoxy) is 2. The van der Waals surface area contributed by atoms with Gasteiger partial charge in [-0.15, -0.1) is 10.1 Å². The Labute approximate surface area is 264 Å². The number of ketones is 1. The molecule has 0 aromatic rings. The Morgan fingerprint density at radius 1 is 1.22 bits per heavy atom. The van der Waals surface area contributed by atoms with Crippen LogP contribution in [0.5, 0.6) is 0 Å². The number of amides is 1. The van der Waals surface area contributed by atoms with Crippen LogP contribution in [0.2, 0.25) is 0 Å². The molecule has 3 fully saturated rings. The molecule has 0 heterocycles. The van der Waals surface area contributed by atoms with E-state index in [9.17, 15) is 39.5 Å². The predicted octanol–water partition coefficient (Wildman–Crippen LogP) is 2.61. The largest absolute Gasteiger partial charge is 0.479 e. The molecule has 10 atom stereocenters. The van der Waals surface area contributed by atoms with E-state index < -0.39 is 99.9 Å². The number of halogens is 2. The Kier molecular flexibility index (Phi) is 9.83. The third-order valence-electron chi connectivity index (χ3n) is 11.4. The summed E-state index contributed by atoms with van der Waals surface area (Å²) in [5.74, 6) is -4.94. The number of rotatable bonds is 14. The van der Waals surface area contributed by atoms with Crippen LogP contribution in [0.15, 0.2) is 23.8 Å². The zero-order valence-electron chi connectivity index (χ0n) is 26.3. The SMILES string of the molecule is CO[C@@H]1C[C@H]2[C@@H]3C[C@H](F)C4=CC(=O)C=C[C@]4(C)[C@@]3(F)[C@@H](O)C[C@]2(C)[C@]1(OC)C(CC=O)(NC(=O)CCCCCO[N+](=O)[O-])C(=O)O. The maximum atomic E-state index is 17.7. The fourth-order valence-corrected chi connectivity index (χ4v) is 9.47. The van der Waals surface area contributed by atoms with Crippen LogP contribution in [0.4, 0.5) is 8.78 Å². The Bertz CT molecular complexity index is 1330. The fourth-order valence-electron chi connectivity index (χ4n) is 9.47. The molecule has 3 N–H and O–H groups in total. The summed E-state index contributed by atoms with van der Waals surface area (Å²) in [5, 5.41) is 34.6. The lowest BCUT2D eigenvalue weighted by Gasteiger charge is -2.65. The second kappa shape index (κ2) is 12.7. The summed E-state index contributed by atoms with van der Waals surface area (Å²) in [4.78, 5) is 65.7. The summed E-state index contributed by atoms with van der Waals surface area (Å²) in [6.07, 6.45) is -1.89. The van der Waals surface area contributed by atoms with Gasteiger partial charge in [0.25, 0.3) is 5.09 Å². The zero-order valence-corrected chi connectivity index (χ0v) is 26.3. The molecule has 4 rings (SSSR count). The van der Waals surface area contributed by atoms with Crippen LogP contribution in [0.3, 0.4) is 0 Å². The van der Waals surface area contributed by atoms with Gasteiger partial charge in [-0.3, -0.25) is 9.59 Å². The second-order valence-corrected chi connectivity index (χ2v) is 13.3. The monoisotopic (exact) mass is 656 g/mol. The number of methoxy groups -OCH3 is 2. The number of hydrogen-bond acceptors (Lipinski definition) is 10. The molecule has 0 radical (unpaired) electrons. The van der Waals surface area contributed by atoms with E-state index in [0.717, 1.165) is 12.2 Å². The standard InChI is InChI=1S/C31H42F2N2O11/c1-27-10-9-18(37)14-21(27)22(32)15-20-19-16-24(44-3)31(45-4,28(19,2)17-23(38)30(20,27)33)29(11-12-36,26(40)41)34-25(39)8-6-5-7-13-46-35(42)43/h9-10,12,14,19-20,22-24,38H,5-8,11,13,15-17H2,1-4H3,(H,34,39)(H,40,41)/t19-,20-,22-,23-,24+,27-,28-,29?,30-,31-/m0/s1. The van der Waals surface area contributed by atoms with E-state index >= 15 is 8.78 Å². The summed E-state index contributed by atoms with van der Waals surface area (Å²) in [6, 6.07) is 0. The summed E-state index contributed by atoms with van der Waals surface area (Å²) < 4.78 is 45.6. The summed E-state index contributed by atoms with van der Waals surface area (Å²) in [6.45, 7) is 2.85. The lowest BCUT2D eigenvalue weighted by molar-refractivity contribution is -0.757. The van der Waals surface area contributed by atoms with Gasteiger partial charge in [0.05, 0.1) is 18.8 Å². The number of aldehydes is 1. The topological polar surface area (TPSA) is 192 Å². The van der Waals surface area contributed by atoms with Crippen LogP contribution >= 0.6 is 0 Å². The van der Waals surface area contributed by atoms with Crippen LogP contribution in [-0.2, 0) is 33.5 Å². The van der Waals surface area contributed by atoms with Crippen LogP contribution in [0.1, 0.15) is 65.2 Å². The summed E-state index contributed by atoms with van der Waals surface area (Å²) >= 11 is 0. The zero-order chi connectivity index (χ0) is 34.3. The van der Waals surface area contributed by atoms with Gasteiger partial charge in [0, 0.05) is 43.8 Å². The van der Waals surface area contributed by atoms with Gasteiger partial charge >= 0.3 is 5.97 Å². The molecule has 46 heavy (non-hydrogen) atoms. The normalized spacial score (nSPS) is 39.2. The number of allylic oxidation sites excluding steroid dienone is 4. The molecule has 15 heteroatoms. The Morgan fingerprint density at radius 3 is 2.50 bits per heavy atom. The lowest BCUT2D eigenvalue weighted by atomic mass is 9.43. The maximum absolute atomic E-state index is 17.7. The number of aliphatic hydroxyl groups is 1. The molecule has 1 unspecified atom stereocenters. The first-order valence-corrected chi connectivity index (χ1v) is 15.4. The van der Waals surface area contributed by atoms with E-state index in [1.54, 1.807) is 6.92 Å². The number of unbranched alkanes of at least 4 members (excludes halogenated alkanes) is 2. The third kappa shape index (κ3) is 4.96. The molecule has 1 amide bonds. The van der Waals surface area contributed by atoms with Crippen molar-refractivity contribution in [3.63, 3.8) is 0 Å². The molecular weight excluding hydrogens is 614 g/mol. The van der Waals surface area contributed by atoms with Crippen LogP contribution in [0, 0.1) is 32.8 Å². The Hall–Kier alpha value is -3.30. The molecule has 0 aromatic carbocycles. The predicted molar refractivity (Wildman–Crippen MR) is 155 cm³/mol. The molecule has 0 saturated heterocycles. The molecule has 0 aromatic heterocycles. The maximum Gasteiger partial charge on any atom is 0.333 e. The number of nitrogens with one attached hydrogen (secondary N) is 1. The molecule has 0 bridgehead atoms. The van der Waals surface area contributed by atoms with Crippen molar-refractivity contribution in [3.8, 4) is 0 Å². The highest BCUT2D eigenvalue weighted by Crippen LogP contribution is 2.72. The Balaban J connectivity index is 1.77. The number of carbonyl (C=O) groups is 4. The quantitative estimate of drug-likeness (QED) is 0.108. The summed E-state index contributed by atoms with van der Waals surface area (Å²) in [7, 11) is 2.49. The number of hydrogen-bond donors (Lipinski definition) is 3. The van der Waals surface area contributed by atoms with Crippen molar-refractivity contribution in [1.82, 2.24) is 5.32 Å². The molecule has 4 aliphatic rings. The van der Waals surface area contributed by atoms with Crippen molar-refractivity contribution >= 4 is 23.9 Å². The minimum absolute atomic E-state index is 0.0470.